The zero-order valence-electron chi connectivity index (χ0n) is 5.05. The quantitative estimate of drug-likeness (QED) is 0.432. The second-order valence-corrected chi connectivity index (χ2v) is 1.54. The molecular weight excluding hydrogens is 118 g/mol. The molecule has 0 saturated carbocycles. The largest absolute Gasteiger partial charge is 0.465 e. The van der Waals surface area contributed by atoms with E-state index in [1.165, 1.54) is 0 Å². The van der Waals surface area contributed by atoms with Gasteiger partial charge in [-0.25, -0.2) is 4.79 Å². The third kappa shape index (κ3) is 6.83. The molecule has 0 fully saturated rings. The fraction of sp³-hybridized carbons (Fsp3) is 0.500. The highest BCUT2D eigenvalue weighted by Crippen LogP contribution is 1.81. The van der Waals surface area contributed by atoms with Crippen LogP contribution in [0.15, 0.2) is 0 Å². The first kappa shape index (κ1) is 7.83. The Kier molecular flexibility index (Phi) is 4.33. The number of carboxylic acid groups (broad SMARTS) is 1. The van der Waals surface area contributed by atoms with E-state index in [0.29, 0.717) is 19.4 Å². The van der Waals surface area contributed by atoms with E-state index in [0.717, 1.165) is 0 Å². The van der Waals surface area contributed by atoms with Crippen LogP contribution in [0.4, 0.5) is 4.79 Å². The van der Waals surface area contributed by atoms with Gasteiger partial charge in [0.25, 0.3) is 0 Å². The molecule has 0 unspecified atom stereocenters. The van der Waals surface area contributed by atoms with Crippen molar-refractivity contribution in [2.75, 3.05) is 6.54 Å². The Morgan fingerprint density at radius 1 is 1.78 bits per heavy atom. The molecule has 3 heteroatoms. The Balaban J connectivity index is 2.94. The molecule has 0 heterocycles. The molecule has 9 heavy (non-hydrogen) atoms. The van der Waals surface area contributed by atoms with Crippen molar-refractivity contribution in [3.8, 4) is 12.3 Å². The predicted octanol–water partition coefficient (Wildman–Crippen LogP) is 0.667. The van der Waals surface area contributed by atoms with Crippen molar-refractivity contribution in [2.24, 2.45) is 0 Å². The van der Waals surface area contributed by atoms with Gasteiger partial charge in [0.1, 0.15) is 0 Å². The van der Waals surface area contributed by atoms with Crippen molar-refractivity contribution in [3.05, 3.63) is 0 Å². The lowest BCUT2D eigenvalue weighted by molar-refractivity contribution is 0.194. The molecule has 2 N–H and O–H groups in total. The third-order valence-electron chi connectivity index (χ3n) is 0.774. The van der Waals surface area contributed by atoms with Gasteiger partial charge in [0.15, 0.2) is 0 Å². The fourth-order valence-corrected chi connectivity index (χ4v) is 0.386. The highest BCUT2D eigenvalue weighted by molar-refractivity contribution is 5.64. The summed E-state index contributed by atoms with van der Waals surface area (Å²) in [5, 5.41) is 10.3. The molecule has 3 nitrogen and oxygen atoms in total. The van der Waals surface area contributed by atoms with Crippen LogP contribution in [0.3, 0.4) is 0 Å². The Bertz CT molecular complexity index is 126. The summed E-state index contributed by atoms with van der Waals surface area (Å²) in [5.74, 6) is 2.41. The average Bonchev–Trinajstić information content (AvgIpc) is 1.80. The first-order valence-corrected chi connectivity index (χ1v) is 2.67. The van der Waals surface area contributed by atoms with Gasteiger partial charge in [-0.1, -0.05) is 0 Å². The highest BCUT2D eigenvalue weighted by atomic mass is 16.4. The molecule has 0 saturated heterocycles. The minimum Gasteiger partial charge on any atom is -0.465 e. The van der Waals surface area contributed by atoms with Crippen molar-refractivity contribution < 1.29 is 9.90 Å². The molecule has 0 aromatic heterocycles. The van der Waals surface area contributed by atoms with Crippen LogP contribution < -0.4 is 5.32 Å². The van der Waals surface area contributed by atoms with E-state index in [1.54, 1.807) is 0 Å². The Morgan fingerprint density at radius 3 is 2.89 bits per heavy atom. The molecular formula is C6H9NO2. The van der Waals surface area contributed by atoms with Crippen LogP contribution in [-0.2, 0) is 0 Å². The number of terminal acetylenes is 1. The molecule has 1 amide bonds. The first-order chi connectivity index (χ1) is 4.27. The summed E-state index contributed by atoms with van der Waals surface area (Å²) in [7, 11) is 0. The average molecular weight is 127 g/mol. The Morgan fingerprint density at radius 2 is 2.44 bits per heavy atom. The van der Waals surface area contributed by atoms with E-state index in [9.17, 15) is 4.79 Å². The van der Waals surface area contributed by atoms with E-state index in [4.69, 9.17) is 11.5 Å². The minimum absolute atomic E-state index is 0.444. The van der Waals surface area contributed by atoms with Crippen LogP contribution >= 0.6 is 0 Å². The molecule has 0 aliphatic rings. The lowest BCUT2D eigenvalue weighted by Gasteiger charge is -1.94. The molecule has 0 aromatic carbocycles. The summed E-state index contributed by atoms with van der Waals surface area (Å²) in [6, 6.07) is 0. The summed E-state index contributed by atoms with van der Waals surface area (Å²) < 4.78 is 0. The number of amides is 1. The number of hydrogen-bond donors (Lipinski definition) is 2. The molecule has 0 aromatic rings. The van der Waals surface area contributed by atoms with Gasteiger partial charge in [-0.15, -0.1) is 12.3 Å². The second-order valence-electron chi connectivity index (χ2n) is 1.54. The highest BCUT2D eigenvalue weighted by Gasteiger charge is 1.89. The second kappa shape index (κ2) is 4.98. The molecule has 0 aliphatic heterocycles. The normalized spacial score (nSPS) is 7.89. The molecule has 0 rings (SSSR count). The zero-order valence-corrected chi connectivity index (χ0v) is 5.05. The smallest absolute Gasteiger partial charge is 0.404 e. The summed E-state index contributed by atoms with van der Waals surface area (Å²) in [6.07, 6.45) is 5.26. The van der Waals surface area contributed by atoms with Crippen LogP contribution in [0, 0.1) is 12.3 Å². The molecule has 0 atom stereocenters. The summed E-state index contributed by atoms with van der Waals surface area (Å²) in [4.78, 5) is 9.80. The van der Waals surface area contributed by atoms with Crippen LogP contribution in [0.2, 0.25) is 0 Å². The summed E-state index contributed by atoms with van der Waals surface area (Å²) >= 11 is 0. The number of carbonyl (C=O) groups is 1. The van der Waals surface area contributed by atoms with Crippen molar-refractivity contribution in [1.29, 1.82) is 0 Å². The predicted molar refractivity (Wildman–Crippen MR) is 34.1 cm³/mol. The van der Waals surface area contributed by atoms with E-state index in [-0.39, 0.29) is 0 Å². The number of hydrogen-bond acceptors (Lipinski definition) is 1. The van der Waals surface area contributed by atoms with Gasteiger partial charge in [0, 0.05) is 13.0 Å². The minimum atomic E-state index is -0.993. The maximum atomic E-state index is 9.80. The number of nitrogens with one attached hydrogen (secondary N) is 1. The summed E-state index contributed by atoms with van der Waals surface area (Å²) in [5.41, 5.74) is 0. The maximum Gasteiger partial charge on any atom is 0.404 e. The SMILES string of the molecule is C#CCCCNC(=O)O. The van der Waals surface area contributed by atoms with Crippen LogP contribution in [0.25, 0.3) is 0 Å². The molecule has 50 valence electrons. The monoisotopic (exact) mass is 127 g/mol. The van der Waals surface area contributed by atoms with Gasteiger partial charge in [-0.05, 0) is 6.42 Å². The van der Waals surface area contributed by atoms with Crippen molar-refractivity contribution in [3.63, 3.8) is 0 Å². The van der Waals surface area contributed by atoms with E-state index < -0.39 is 6.09 Å². The lowest BCUT2D eigenvalue weighted by Crippen LogP contribution is -2.21. The van der Waals surface area contributed by atoms with Gasteiger partial charge in [-0.3, -0.25) is 0 Å². The molecule has 0 spiro atoms. The van der Waals surface area contributed by atoms with Gasteiger partial charge >= 0.3 is 6.09 Å². The van der Waals surface area contributed by atoms with E-state index in [1.807, 2.05) is 0 Å². The topological polar surface area (TPSA) is 49.3 Å². The van der Waals surface area contributed by atoms with Gasteiger partial charge in [0.2, 0.25) is 0 Å². The molecule has 0 bridgehead atoms. The van der Waals surface area contributed by atoms with Gasteiger partial charge in [-0.2, -0.15) is 0 Å². The molecule has 0 radical (unpaired) electrons. The third-order valence-corrected chi connectivity index (χ3v) is 0.774. The standard InChI is InChI=1S/C6H9NO2/c1-2-3-4-5-7-6(8)9/h1,7H,3-5H2,(H,8,9). The van der Waals surface area contributed by atoms with Crippen molar-refractivity contribution in [1.82, 2.24) is 5.32 Å². The van der Waals surface area contributed by atoms with Crippen LogP contribution in [-0.4, -0.2) is 17.7 Å². The number of unbranched alkanes of at least 4 members (excludes halogenated alkanes) is 1. The summed E-state index contributed by atoms with van der Waals surface area (Å²) in [6.45, 7) is 0.444. The number of rotatable bonds is 3. The van der Waals surface area contributed by atoms with Gasteiger partial charge in [0.05, 0.1) is 0 Å². The Labute approximate surface area is 54.1 Å². The van der Waals surface area contributed by atoms with E-state index >= 15 is 0 Å². The van der Waals surface area contributed by atoms with Gasteiger partial charge < -0.3 is 10.4 Å². The Hall–Kier alpha value is -1.17. The lowest BCUT2D eigenvalue weighted by atomic mass is 10.3. The maximum absolute atomic E-state index is 9.80. The van der Waals surface area contributed by atoms with E-state index in [2.05, 4.69) is 11.2 Å². The first-order valence-electron chi connectivity index (χ1n) is 2.67. The fourth-order valence-electron chi connectivity index (χ4n) is 0.386. The molecule has 0 aliphatic carbocycles. The zero-order chi connectivity index (χ0) is 7.11. The van der Waals surface area contributed by atoms with Crippen LogP contribution in [0.5, 0.6) is 0 Å². The van der Waals surface area contributed by atoms with Crippen LogP contribution in [0.1, 0.15) is 12.8 Å². The van der Waals surface area contributed by atoms with Crippen molar-refractivity contribution in [2.45, 2.75) is 12.8 Å². The van der Waals surface area contributed by atoms with Crippen molar-refractivity contribution >= 4 is 6.09 Å².